The van der Waals surface area contributed by atoms with Crippen LogP contribution < -0.4 is 0 Å². The van der Waals surface area contributed by atoms with Crippen LogP contribution in [-0.2, 0) is 9.53 Å². The van der Waals surface area contributed by atoms with Crippen LogP contribution in [0, 0.1) is 5.92 Å². The molecule has 0 aromatic heterocycles. The lowest BCUT2D eigenvalue weighted by molar-refractivity contribution is -0.143. The molecular weight excluding hydrogens is 158 g/mol. The van der Waals surface area contributed by atoms with Crippen LogP contribution >= 0.6 is 0 Å². The lowest BCUT2D eigenvalue weighted by atomic mass is 10.0. The van der Waals surface area contributed by atoms with Crippen LogP contribution in [0.1, 0.15) is 26.2 Å². The molecule has 0 aromatic rings. The minimum atomic E-state index is -0.403. The van der Waals surface area contributed by atoms with Crippen LogP contribution in [0.3, 0.4) is 0 Å². The molecule has 1 unspecified atom stereocenters. The number of hydrogen-bond donors (Lipinski definition) is 1. The highest BCUT2D eigenvalue weighted by atomic mass is 16.5. The predicted molar refractivity (Wildman–Crippen MR) is 45.3 cm³/mol. The Labute approximate surface area is 72.2 Å². The largest absolute Gasteiger partial charge is 0.469 e. The van der Waals surface area contributed by atoms with E-state index in [0.29, 0.717) is 6.42 Å². The summed E-state index contributed by atoms with van der Waals surface area (Å²) < 4.78 is 4.52. The zero-order chi connectivity index (χ0) is 9.40. The van der Waals surface area contributed by atoms with Gasteiger partial charge in [-0.1, -0.05) is 19.8 Å². The van der Waals surface area contributed by atoms with Crippen molar-refractivity contribution in [2.24, 2.45) is 11.1 Å². The normalized spacial score (nSPS) is 13.2. The third kappa shape index (κ3) is 3.95. The summed E-state index contributed by atoms with van der Waals surface area (Å²) in [5.41, 5.74) is 0. The molecular formula is C8H15NO3. The zero-order valence-electron chi connectivity index (χ0n) is 7.49. The van der Waals surface area contributed by atoms with E-state index in [4.69, 9.17) is 5.21 Å². The maximum atomic E-state index is 11.0. The van der Waals surface area contributed by atoms with Crippen LogP contribution in [0.4, 0.5) is 0 Å². The van der Waals surface area contributed by atoms with Crippen molar-refractivity contribution in [3.63, 3.8) is 0 Å². The van der Waals surface area contributed by atoms with E-state index in [1.54, 1.807) is 0 Å². The van der Waals surface area contributed by atoms with Crippen LogP contribution in [0.5, 0.6) is 0 Å². The zero-order valence-corrected chi connectivity index (χ0v) is 7.49. The third-order valence-corrected chi connectivity index (χ3v) is 1.62. The summed E-state index contributed by atoms with van der Waals surface area (Å²) in [4.78, 5) is 11.0. The first kappa shape index (κ1) is 10.9. The van der Waals surface area contributed by atoms with E-state index < -0.39 is 5.92 Å². The third-order valence-electron chi connectivity index (χ3n) is 1.62. The van der Waals surface area contributed by atoms with Crippen molar-refractivity contribution in [2.45, 2.75) is 26.2 Å². The standard InChI is InChI=1S/C8H15NO3/c1-3-4-5-7(6-9-11)8(10)12-2/h6-7,11H,3-5H2,1-2H3/b9-6-. The van der Waals surface area contributed by atoms with Crippen molar-refractivity contribution in [1.29, 1.82) is 0 Å². The monoisotopic (exact) mass is 173 g/mol. The highest BCUT2D eigenvalue weighted by Gasteiger charge is 2.15. The van der Waals surface area contributed by atoms with E-state index in [2.05, 4.69) is 9.89 Å². The molecule has 4 heteroatoms. The second kappa shape index (κ2) is 6.64. The molecule has 0 saturated carbocycles. The van der Waals surface area contributed by atoms with Gasteiger partial charge in [0.2, 0.25) is 0 Å². The van der Waals surface area contributed by atoms with Crippen molar-refractivity contribution in [3.8, 4) is 0 Å². The second-order valence-electron chi connectivity index (χ2n) is 2.54. The van der Waals surface area contributed by atoms with Gasteiger partial charge < -0.3 is 9.94 Å². The summed E-state index contributed by atoms with van der Waals surface area (Å²) in [6.07, 6.45) is 3.81. The summed E-state index contributed by atoms with van der Waals surface area (Å²) in [7, 11) is 1.33. The number of methoxy groups -OCH3 is 1. The summed E-state index contributed by atoms with van der Waals surface area (Å²) in [6.45, 7) is 2.03. The molecule has 12 heavy (non-hydrogen) atoms. The maximum Gasteiger partial charge on any atom is 0.314 e. The van der Waals surface area contributed by atoms with Crippen molar-refractivity contribution in [3.05, 3.63) is 0 Å². The quantitative estimate of drug-likeness (QED) is 0.296. The van der Waals surface area contributed by atoms with Crippen molar-refractivity contribution in [2.75, 3.05) is 7.11 Å². The first-order valence-electron chi connectivity index (χ1n) is 4.01. The molecule has 4 nitrogen and oxygen atoms in total. The van der Waals surface area contributed by atoms with Gasteiger partial charge >= 0.3 is 5.97 Å². The SMILES string of the molecule is CCCCC(/C=N\O)C(=O)OC. The second-order valence-corrected chi connectivity index (χ2v) is 2.54. The van der Waals surface area contributed by atoms with Gasteiger partial charge in [-0.05, 0) is 6.42 Å². The summed E-state index contributed by atoms with van der Waals surface area (Å²) >= 11 is 0. The molecule has 0 aromatic carbocycles. The van der Waals surface area contributed by atoms with Crippen LogP contribution in [-0.4, -0.2) is 24.5 Å². The van der Waals surface area contributed by atoms with Crippen LogP contribution in [0.2, 0.25) is 0 Å². The fourth-order valence-electron chi connectivity index (χ4n) is 0.909. The van der Waals surface area contributed by atoms with Gasteiger partial charge in [0, 0.05) is 0 Å². The Morgan fingerprint density at radius 2 is 2.42 bits per heavy atom. The molecule has 0 radical (unpaired) electrons. The first-order chi connectivity index (χ1) is 5.76. The highest BCUT2D eigenvalue weighted by Crippen LogP contribution is 2.07. The van der Waals surface area contributed by atoms with Gasteiger partial charge in [0.15, 0.2) is 0 Å². The molecule has 0 rings (SSSR count). The number of rotatable bonds is 5. The molecule has 0 aliphatic rings. The van der Waals surface area contributed by atoms with E-state index in [1.807, 2.05) is 6.92 Å². The number of hydrogen-bond acceptors (Lipinski definition) is 4. The number of carbonyl (C=O) groups excluding carboxylic acids is 1. The van der Waals surface area contributed by atoms with Gasteiger partial charge in [-0.2, -0.15) is 0 Å². The Hall–Kier alpha value is -1.06. The molecule has 70 valence electrons. The number of esters is 1. The Kier molecular flexibility index (Phi) is 6.05. The highest BCUT2D eigenvalue weighted by molar-refractivity contribution is 5.89. The van der Waals surface area contributed by atoms with E-state index in [1.165, 1.54) is 13.3 Å². The molecule has 0 spiro atoms. The van der Waals surface area contributed by atoms with Gasteiger partial charge in [0.05, 0.1) is 19.2 Å². The van der Waals surface area contributed by atoms with Crippen molar-refractivity contribution < 1.29 is 14.7 Å². The fraction of sp³-hybridized carbons (Fsp3) is 0.750. The van der Waals surface area contributed by atoms with Gasteiger partial charge in [0.1, 0.15) is 0 Å². The molecule has 0 aliphatic heterocycles. The van der Waals surface area contributed by atoms with Gasteiger partial charge in [-0.15, -0.1) is 5.16 Å². The van der Waals surface area contributed by atoms with E-state index in [0.717, 1.165) is 12.8 Å². The average molecular weight is 173 g/mol. The molecule has 1 atom stereocenters. The van der Waals surface area contributed by atoms with Crippen molar-refractivity contribution in [1.82, 2.24) is 0 Å². The molecule has 0 aliphatic carbocycles. The maximum absolute atomic E-state index is 11.0. The topological polar surface area (TPSA) is 58.9 Å². The molecule has 0 bridgehead atoms. The fourth-order valence-corrected chi connectivity index (χ4v) is 0.909. The van der Waals surface area contributed by atoms with E-state index in [9.17, 15) is 4.79 Å². The number of unbranched alkanes of at least 4 members (excludes halogenated alkanes) is 1. The number of nitrogens with zero attached hydrogens (tertiary/aromatic N) is 1. The number of oxime groups is 1. The average Bonchev–Trinajstić information content (AvgIpc) is 2.11. The lowest BCUT2D eigenvalue weighted by Crippen LogP contribution is -2.17. The molecule has 0 heterocycles. The lowest BCUT2D eigenvalue weighted by Gasteiger charge is -2.07. The van der Waals surface area contributed by atoms with Gasteiger partial charge in [0.25, 0.3) is 0 Å². The van der Waals surface area contributed by atoms with Crippen molar-refractivity contribution >= 4 is 12.2 Å². The smallest absolute Gasteiger partial charge is 0.314 e. The minimum Gasteiger partial charge on any atom is -0.469 e. The molecule has 0 amide bonds. The predicted octanol–water partition coefficient (Wildman–Crippen LogP) is 1.43. The van der Waals surface area contributed by atoms with E-state index >= 15 is 0 Å². The Morgan fingerprint density at radius 1 is 1.75 bits per heavy atom. The van der Waals surface area contributed by atoms with Gasteiger partial charge in [-0.3, -0.25) is 4.79 Å². The summed E-state index contributed by atoms with van der Waals surface area (Å²) in [5, 5.41) is 11.1. The summed E-state index contributed by atoms with van der Waals surface area (Å²) in [6, 6.07) is 0. The molecule has 0 saturated heterocycles. The van der Waals surface area contributed by atoms with Crippen LogP contribution in [0.25, 0.3) is 0 Å². The molecule has 0 fully saturated rings. The Bertz CT molecular complexity index is 156. The number of carbonyl (C=O) groups is 1. The summed E-state index contributed by atoms with van der Waals surface area (Å²) in [5.74, 6) is -0.749. The van der Waals surface area contributed by atoms with Crippen LogP contribution in [0.15, 0.2) is 5.16 Å². The van der Waals surface area contributed by atoms with E-state index in [-0.39, 0.29) is 5.97 Å². The first-order valence-corrected chi connectivity index (χ1v) is 4.01. The molecule has 1 N–H and O–H groups in total. The minimum absolute atomic E-state index is 0.346. The number of ether oxygens (including phenoxy) is 1. The van der Waals surface area contributed by atoms with Gasteiger partial charge in [-0.25, -0.2) is 0 Å². The Balaban J connectivity index is 3.94. The Morgan fingerprint density at radius 3 is 2.83 bits per heavy atom.